The molecule has 1 fully saturated rings. The molecule has 1 saturated carbocycles. The fourth-order valence-electron chi connectivity index (χ4n) is 3.64. The molecule has 0 aromatic carbocycles. The quantitative estimate of drug-likeness (QED) is 0.903. The summed E-state index contributed by atoms with van der Waals surface area (Å²) in [5.41, 5.74) is 1.19. The van der Waals surface area contributed by atoms with Crippen LogP contribution in [0.5, 0.6) is 0 Å². The van der Waals surface area contributed by atoms with Gasteiger partial charge in [0.25, 0.3) is 0 Å². The maximum absolute atomic E-state index is 4.53. The summed E-state index contributed by atoms with van der Waals surface area (Å²) >= 11 is 0. The van der Waals surface area contributed by atoms with Crippen LogP contribution in [0.25, 0.3) is 0 Å². The molecule has 0 bridgehead atoms. The third-order valence-corrected chi connectivity index (χ3v) is 4.60. The number of aromatic nitrogens is 2. The summed E-state index contributed by atoms with van der Waals surface area (Å²) in [4.78, 5) is 11.2. The molecule has 0 spiro atoms. The van der Waals surface area contributed by atoms with Gasteiger partial charge < -0.3 is 10.2 Å². The minimum Gasteiger partial charge on any atom is -0.310 e. The van der Waals surface area contributed by atoms with Crippen molar-refractivity contribution in [1.82, 2.24) is 20.2 Å². The number of likely N-dealkylation sites (N-methyl/N-ethyl adjacent to an activating group) is 2. The van der Waals surface area contributed by atoms with E-state index in [0.29, 0.717) is 0 Å². The topological polar surface area (TPSA) is 41.1 Å². The Morgan fingerprint density at radius 2 is 2.21 bits per heavy atom. The van der Waals surface area contributed by atoms with Crippen LogP contribution in [-0.4, -0.2) is 41.5 Å². The summed E-state index contributed by atoms with van der Waals surface area (Å²) in [6.07, 6.45) is 10.5. The molecular weight excluding hydrogens is 236 g/mol. The second kappa shape index (κ2) is 5.97. The lowest BCUT2D eigenvalue weighted by Crippen LogP contribution is -2.55. The summed E-state index contributed by atoms with van der Waals surface area (Å²) in [7, 11) is 6.42. The van der Waals surface area contributed by atoms with E-state index in [1.54, 1.807) is 12.4 Å². The molecule has 1 heterocycles. The Balaban J connectivity index is 2.36. The molecule has 19 heavy (non-hydrogen) atoms. The van der Waals surface area contributed by atoms with E-state index in [4.69, 9.17) is 0 Å². The highest BCUT2D eigenvalue weighted by Crippen LogP contribution is 2.43. The van der Waals surface area contributed by atoms with Gasteiger partial charge in [-0.3, -0.25) is 9.97 Å². The van der Waals surface area contributed by atoms with Crippen LogP contribution in [-0.2, 0) is 0 Å². The molecule has 1 aliphatic rings. The van der Waals surface area contributed by atoms with Crippen molar-refractivity contribution in [3.05, 3.63) is 24.3 Å². The van der Waals surface area contributed by atoms with Crippen LogP contribution in [0, 0.1) is 5.92 Å². The van der Waals surface area contributed by atoms with E-state index in [9.17, 15) is 0 Å². The molecule has 0 aliphatic heterocycles. The molecule has 106 valence electrons. The fourth-order valence-corrected chi connectivity index (χ4v) is 3.64. The second-order valence-electron chi connectivity index (χ2n) is 6.05. The van der Waals surface area contributed by atoms with Gasteiger partial charge in [0.1, 0.15) is 0 Å². The van der Waals surface area contributed by atoms with Gasteiger partial charge in [-0.25, -0.2) is 0 Å². The molecule has 1 N–H and O–H groups in total. The van der Waals surface area contributed by atoms with Crippen LogP contribution in [0.2, 0.25) is 0 Å². The molecule has 0 amide bonds. The monoisotopic (exact) mass is 262 g/mol. The lowest BCUT2D eigenvalue weighted by atomic mass is 9.70. The van der Waals surface area contributed by atoms with Gasteiger partial charge in [0.15, 0.2) is 0 Å². The molecule has 1 aliphatic carbocycles. The van der Waals surface area contributed by atoms with Crippen molar-refractivity contribution in [1.29, 1.82) is 0 Å². The zero-order valence-electron chi connectivity index (χ0n) is 12.6. The molecule has 3 unspecified atom stereocenters. The molecule has 3 atom stereocenters. The third-order valence-electron chi connectivity index (χ3n) is 4.60. The molecule has 0 radical (unpaired) electrons. The first-order valence-electron chi connectivity index (χ1n) is 7.21. The van der Waals surface area contributed by atoms with Crippen molar-refractivity contribution in [3.63, 3.8) is 0 Å². The predicted molar refractivity (Wildman–Crippen MR) is 77.9 cm³/mol. The predicted octanol–water partition coefficient (Wildman–Crippen LogP) is 2.25. The van der Waals surface area contributed by atoms with E-state index in [0.717, 1.165) is 11.6 Å². The number of rotatable bonds is 4. The highest BCUT2D eigenvalue weighted by Gasteiger charge is 2.44. The maximum atomic E-state index is 4.53. The van der Waals surface area contributed by atoms with E-state index in [1.165, 1.54) is 25.7 Å². The third kappa shape index (κ3) is 2.79. The van der Waals surface area contributed by atoms with Crippen molar-refractivity contribution < 1.29 is 0 Å². The largest absolute Gasteiger partial charge is 0.310 e. The molecule has 1 aromatic rings. The van der Waals surface area contributed by atoms with Crippen LogP contribution in [0.15, 0.2) is 18.6 Å². The van der Waals surface area contributed by atoms with Gasteiger partial charge >= 0.3 is 0 Å². The van der Waals surface area contributed by atoms with Gasteiger partial charge in [0.05, 0.1) is 17.9 Å². The van der Waals surface area contributed by atoms with E-state index in [1.807, 2.05) is 13.2 Å². The molecular formula is C15H26N4. The summed E-state index contributed by atoms with van der Waals surface area (Å²) < 4.78 is 0. The van der Waals surface area contributed by atoms with Gasteiger partial charge in [-0.05, 0) is 39.9 Å². The smallest absolute Gasteiger partial charge is 0.0774 e. The van der Waals surface area contributed by atoms with Crippen molar-refractivity contribution in [3.8, 4) is 0 Å². The SMILES string of the molecule is CNC(c1cnccn1)C1(N(C)C)CCCC(C)C1. The minimum absolute atomic E-state index is 0.141. The van der Waals surface area contributed by atoms with Crippen LogP contribution < -0.4 is 5.32 Å². The van der Waals surface area contributed by atoms with E-state index < -0.39 is 0 Å². The molecule has 2 rings (SSSR count). The van der Waals surface area contributed by atoms with Crippen LogP contribution in [0.1, 0.15) is 44.3 Å². The van der Waals surface area contributed by atoms with Gasteiger partial charge in [0, 0.05) is 17.9 Å². The molecule has 1 aromatic heterocycles. The van der Waals surface area contributed by atoms with E-state index in [-0.39, 0.29) is 11.6 Å². The Labute approximate surface area is 116 Å². The second-order valence-corrected chi connectivity index (χ2v) is 6.05. The Bertz CT molecular complexity index is 392. The first-order chi connectivity index (χ1) is 9.10. The molecule has 4 nitrogen and oxygen atoms in total. The summed E-state index contributed by atoms with van der Waals surface area (Å²) in [6, 6.07) is 0.235. The van der Waals surface area contributed by atoms with E-state index >= 15 is 0 Å². The van der Waals surface area contributed by atoms with Crippen molar-refractivity contribution >= 4 is 0 Å². The first-order valence-corrected chi connectivity index (χ1v) is 7.21. The van der Waals surface area contributed by atoms with Crippen LogP contribution in [0.3, 0.4) is 0 Å². The van der Waals surface area contributed by atoms with Gasteiger partial charge in [-0.2, -0.15) is 0 Å². The van der Waals surface area contributed by atoms with Crippen molar-refractivity contribution in [2.24, 2.45) is 5.92 Å². The number of hydrogen-bond acceptors (Lipinski definition) is 4. The van der Waals surface area contributed by atoms with Gasteiger partial charge in [-0.15, -0.1) is 0 Å². The summed E-state index contributed by atoms with van der Waals surface area (Å²) in [5, 5.41) is 3.49. The van der Waals surface area contributed by atoms with Crippen LogP contribution in [0.4, 0.5) is 0 Å². The maximum Gasteiger partial charge on any atom is 0.0774 e. The summed E-state index contributed by atoms with van der Waals surface area (Å²) in [6.45, 7) is 2.36. The number of hydrogen-bond donors (Lipinski definition) is 1. The lowest BCUT2D eigenvalue weighted by molar-refractivity contribution is 0.0378. The standard InChI is InChI=1S/C15H26N4/c1-12-6-5-7-15(10-12,19(3)4)14(16-2)13-11-17-8-9-18-13/h8-9,11-12,14,16H,5-7,10H2,1-4H3. The lowest BCUT2D eigenvalue weighted by Gasteiger charge is -2.49. The van der Waals surface area contributed by atoms with Gasteiger partial charge in [0.2, 0.25) is 0 Å². The van der Waals surface area contributed by atoms with Crippen molar-refractivity contribution in [2.75, 3.05) is 21.1 Å². The zero-order chi connectivity index (χ0) is 13.9. The Hall–Kier alpha value is -1.00. The highest BCUT2D eigenvalue weighted by molar-refractivity contribution is 5.13. The summed E-state index contributed by atoms with van der Waals surface area (Å²) in [5.74, 6) is 0.767. The molecule has 4 heteroatoms. The Kier molecular flexibility index (Phi) is 4.53. The van der Waals surface area contributed by atoms with Gasteiger partial charge in [-0.1, -0.05) is 19.8 Å². The fraction of sp³-hybridized carbons (Fsp3) is 0.733. The first kappa shape index (κ1) is 14.4. The van der Waals surface area contributed by atoms with Crippen LogP contribution >= 0.6 is 0 Å². The zero-order valence-corrected chi connectivity index (χ0v) is 12.6. The van der Waals surface area contributed by atoms with Crippen molar-refractivity contribution in [2.45, 2.75) is 44.2 Å². The Morgan fingerprint density at radius 3 is 2.74 bits per heavy atom. The van der Waals surface area contributed by atoms with E-state index in [2.05, 4.69) is 41.2 Å². The normalized spacial score (nSPS) is 29.4. The Morgan fingerprint density at radius 1 is 1.42 bits per heavy atom. The average Bonchev–Trinajstić information content (AvgIpc) is 2.40. The molecule has 0 saturated heterocycles. The number of nitrogens with zero attached hydrogens (tertiary/aromatic N) is 3. The number of nitrogens with one attached hydrogen (secondary N) is 1. The minimum atomic E-state index is 0.141. The highest BCUT2D eigenvalue weighted by atomic mass is 15.2. The average molecular weight is 262 g/mol.